The zero-order valence-corrected chi connectivity index (χ0v) is 11.5. The van der Waals surface area contributed by atoms with Gasteiger partial charge in [0.1, 0.15) is 5.01 Å². The topological polar surface area (TPSA) is 107 Å². The molecule has 0 aliphatic rings. The fourth-order valence-electron chi connectivity index (χ4n) is 1.59. The van der Waals surface area contributed by atoms with Crippen molar-refractivity contribution < 1.29 is 0 Å². The summed E-state index contributed by atoms with van der Waals surface area (Å²) < 4.78 is 1.52. The lowest BCUT2D eigenvalue weighted by atomic mass is 10.6. The molecule has 102 valence electrons. The van der Waals surface area contributed by atoms with Crippen molar-refractivity contribution >= 4 is 23.2 Å². The van der Waals surface area contributed by atoms with Crippen LogP contribution in [0.3, 0.4) is 0 Å². The molecule has 0 bridgehead atoms. The predicted octanol–water partition coefficient (Wildman–Crippen LogP) is 1.02. The van der Waals surface area contributed by atoms with E-state index in [1.807, 2.05) is 13.1 Å². The molecule has 3 heterocycles. The number of hydrogen-bond acceptors (Lipinski definition) is 8. The van der Waals surface area contributed by atoms with Gasteiger partial charge in [-0.1, -0.05) is 0 Å². The second kappa shape index (κ2) is 5.21. The van der Waals surface area contributed by atoms with E-state index in [0.29, 0.717) is 18.4 Å². The average molecular weight is 288 g/mol. The Morgan fingerprint density at radius 3 is 2.95 bits per heavy atom. The van der Waals surface area contributed by atoms with Crippen LogP contribution < -0.4 is 11.1 Å². The first-order chi connectivity index (χ1) is 9.70. The van der Waals surface area contributed by atoms with Crippen molar-refractivity contribution in [2.45, 2.75) is 13.5 Å². The third-order valence-electron chi connectivity index (χ3n) is 2.42. The summed E-state index contributed by atoms with van der Waals surface area (Å²) in [5.41, 5.74) is 5.68. The minimum Gasteiger partial charge on any atom is -0.368 e. The SMILES string of the molecule is Cc1cnc(CNc2nc(N)nc(-n3cccn3)n2)s1. The molecule has 0 unspecified atom stereocenters. The molecule has 0 aromatic carbocycles. The van der Waals surface area contributed by atoms with E-state index in [9.17, 15) is 0 Å². The van der Waals surface area contributed by atoms with Crippen molar-refractivity contribution in [1.82, 2.24) is 29.7 Å². The van der Waals surface area contributed by atoms with E-state index >= 15 is 0 Å². The Morgan fingerprint density at radius 2 is 2.25 bits per heavy atom. The predicted molar refractivity (Wildman–Crippen MR) is 75.5 cm³/mol. The number of nitrogens with two attached hydrogens (primary N) is 1. The lowest BCUT2D eigenvalue weighted by molar-refractivity contribution is 0.798. The third-order valence-corrected chi connectivity index (χ3v) is 3.33. The third kappa shape index (κ3) is 2.72. The highest BCUT2D eigenvalue weighted by molar-refractivity contribution is 7.11. The molecule has 20 heavy (non-hydrogen) atoms. The quantitative estimate of drug-likeness (QED) is 0.737. The van der Waals surface area contributed by atoms with Gasteiger partial charge >= 0.3 is 0 Å². The Kier molecular flexibility index (Phi) is 3.25. The van der Waals surface area contributed by atoms with E-state index in [0.717, 1.165) is 9.88 Å². The largest absolute Gasteiger partial charge is 0.368 e. The molecule has 0 spiro atoms. The molecule has 0 aliphatic carbocycles. The molecule has 0 saturated carbocycles. The Balaban J connectivity index is 1.79. The summed E-state index contributed by atoms with van der Waals surface area (Å²) in [6.45, 7) is 2.55. The van der Waals surface area contributed by atoms with Gasteiger partial charge in [-0.25, -0.2) is 9.67 Å². The van der Waals surface area contributed by atoms with Crippen molar-refractivity contribution in [3.05, 3.63) is 34.5 Å². The maximum atomic E-state index is 5.68. The van der Waals surface area contributed by atoms with Gasteiger partial charge in [0.2, 0.25) is 11.9 Å². The molecule has 0 aliphatic heterocycles. The van der Waals surface area contributed by atoms with Crippen LogP contribution in [0.25, 0.3) is 5.95 Å². The number of nitrogen functional groups attached to an aromatic ring is 1. The van der Waals surface area contributed by atoms with Crippen LogP contribution in [0.2, 0.25) is 0 Å². The Bertz CT molecular complexity index is 705. The minimum atomic E-state index is 0.142. The van der Waals surface area contributed by atoms with Crippen LogP contribution in [0.4, 0.5) is 11.9 Å². The van der Waals surface area contributed by atoms with Gasteiger partial charge in [-0.15, -0.1) is 11.3 Å². The summed E-state index contributed by atoms with van der Waals surface area (Å²) in [5, 5.41) is 8.10. The van der Waals surface area contributed by atoms with E-state index < -0.39 is 0 Å². The van der Waals surface area contributed by atoms with Crippen molar-refractivity contribution in [1.29, 1.82) is 0 Å². The molecule has 8 nitrogen and oxygen atoms in total. The van der Waals surface area contributed by atoms with Gasteiger partial charge in [0.05, 0.1) is 6.54 Å². The number of rotatable bonds is 4. The molecule has 3 rings (SSSR count). The molecular weight excluding hydrogens is 276 g/mol. The van der Waals surface area contributed by atoms with Crippen LogP contribution in [0, 0.1) is 6.92 Å². The van der Waals surface area contributed by atoms with Gasteiger partial charge in [-0.2, -0.15) is 20.1 Å². The number of anilines is 2. The van der Waals surface area contributed by atoms with Crippen LogP contribution >= 0.6 is 11.3 Å². The molecule has 3 aromatic rings. The standard InChI is InChI=1S/C11H12N8S/c1-7-5-13-8(20-7)6-14-10-16-9(12)17-11(18-10)19-4-2-3-15-19/h2-5H,6H2,1H3,(H3,12,14,16,17,18). The smallest absolute Gasteiger partial charge is 0.257 e. The van der Waals surface area contributed by atoms with Crippen molar-refractivity contribution in [2.75, 3.05) is 11.1 Å². The van der Waals surface area contributed by atoms with E-state index in [1.54, 1.807) is 29.8 Å². The Labute approximate surface area is 118 Å². The number of hydrogen-bond donors (Lipinski definition) is 2. The molecule has 0 saturated heterocycles. The van der Waals surface area contributed by atoms with Crippen LogP contribution in [-0.2, 0) is 6.54 Å². The van der Waals surface area contributed by atoms with Crippen LogP contribution in [0.1, 0.15) is 9.88 Å². The van der Waals surface area contributed by atoms with Gasteiger partial charge < -0.3 is 11.1 Å². The molecule has 3 aromatic heterocycles. The highest BCUT2D eigenvalue weighted by atomic mass is 32.1. The molecule has 0 atom stereocenters. The Morgan fingerprint density at radius 1 is 1.35 bits per heavy atom. The maximum Gasteiger partial charge on any atom is 0.257 e. The molecule has 3 N–H and O–H groups in total. The zero-order valence-electron chi connectivity index (χ0n) is 10.7. The summed E-state index contributed by atoms with van der Waals surface area (Å²) in [6.07, 6.45) is 5.22. The lowest BCUT2D eigenvalue weighted by Gasteiger charge is -2.05. The van der Waals surface area contributed by atoms with E-state index in [4.69, 9.17) is 5.73 Å². The molecule has 0 radical (unpaired) electrons. The van der Waals surface area contributed by atoms with Gasteiger partial charge in [-0.3, -0.25) is 0 Å². The summed E-state index contributed by atoms with van der Waals surface area (Å²) >= 11 is 1.62. The van der Waals surface area contributed by atoms with Crippen LogP contribution in [-0.4, -0.2) is 29.7 Å². The van der Waals surface area contributed by atoms with Crippen molar-refractivity contribution in [2.24, 2.45) is 0 Å². The van der Waals surface area contributed by atoms with E-state index in [1.165, 1.54) is 4.68 Å². The van der Waals surface area contributed by atoms with Gasteiger partial charge in [0, 0.05) is 23.5 Å². The van der Waals surface area contributed by atoms with E-state index in [2.05, 4.69) is 30.4 Å². The average Bonchev–Trinajstić information content (AvgIpc) is 3.07. The van der Waals surface area contributed by atoms with Gasteiger partial charge in [0.15, 0.2) is 0 Å². The lowest BCUT2D eigenvalue weighted by Crippen LogP contribution is -2.11. The molecule has 0 fully saturated rings. The molecule has 0 amide bonds. The van der Waals surface area contributed by atoms with E-state index in [-0.39, 0.29) is 5.95 Å². The first-order valence-corrected chi connectivity index (χ1v) is 6.69. The van der Waals surface area contributed by atoms with Gasteiger partial charge in [-0.05, 0) is 13.0 Å². The fraction of sp³-hybridized carbons (Fsp3) is 0.182. The molecule has 9 heteroatoms. The normalized spacial score (nSPS) is 10.7. The monoisotopic (exact) mass is 288 g/mol. The first kappa shape index (κ1) is 12.5. The number of nitrogens with one attached hydrogen (secondary N) is 1. The number of aryl methyl sites for hydroxylation is 1. The summed E-state index contributed by atoms with van der Waals surface area (Å²) in [7, 11) is 0. The number of aromatic nitrogens is 6. The van der Waals surface area contributed by atoms with Crippen LogP contribution in [0.5, 0.6) is 0 Å². The number of nitrogens with zero attached hydrogens (tertiary/aromatic N) is 6. The fourth-order valence-corrected chi connectivity index (χ4v) is 2.31. The summed E-state index contributed by atoms with van der Waals surface area (Å²) in [6, 6.07) is 1.78. The van der Waals surface area contributed by atoms with Crippen LogP contribution in [0.15, 0.2) is 24.7 Å². The maximum absolute atomic E-state index is 5.68. The minimum absolute atomic E-state index is 0.142. The van der Waals surface area contributed by atoms with Crippen molar-refractivity contribution in [3.8, 4) is 5.95 Å². The summed E-state index contributed by atoms with van der Waals surface area (Å²) in [5.74, 6) is 0.916. The molecular formula is C11H12N8S. The first-order valence-electron chi connectivity index (χ1n) is 5.87. The zero-order chi connectivity index (χ0) is 13.9. The second-order valence-corrected chi connectivity index (χ2v) is 5.31. The highest BCUT2D eigenvalue weighted by Crippen LogP contribution is 2.13. The summed E-state index contributed by atoms with van der Waals surface area (Å²) in [4.78, 5) is 17.8. The van der Waals surface area contributed by atoms with Crippen molar-refractivity contribution in [3.63, 3.8) is 0 Å². The highest BCUT2D eigenvalue weighted by Gasteiger charge is 2.07. The van der Waals surface area contributed by atoms with Gasteiger partial charge in [0.25, 0.3) is 5.95 Å². The number of thiazole rings is 1. The second-order valence-electron chi connectivity index (χ2n) is 3.99. The Hall–Kier alpha value is -2.55.